The van der Waals surface area contributed by atoms with Crippen molar-refractivity contribution >= 4 is 11.9 Å². The standard InChI is InChI=1S/C8H9NO3/c10-7(5-8(11)12)9-6-3-1-2-4-6/h1-3H,4-5H2,(H,9,10)(H,11,12). The summed E-state index contributed by atoms with van der Waals surface area (Å²) in [6.45, 7) is 0. The molecular weight excluding hydrogens is 158 g/mol. The molecule has 1 aliphatic carbocycles. The summed E-state index contributed by atoms with van der Waals surface area (Å²) in [6.07, 6.45) is 5.65. The summed E-state index contributed by atoms with van der Waals surface area (Å²) in [5.74, 6) is -1.59. The zero-order valence-electron chi connectivity index (χ0n) is 6.41. The van der Waals surface area contributed by atoms with Gasteiger partial charge in [-0.2, -0.15) is 0 Å². The Bertz CT molecular complexity index is 265. The molecule has 1 rings (SSSR count). The molecule has 4 nitrogen and oxygen atoms in total. The predicted molar refractivity (Wildman–Crippen MR) is 42.2 cm³/mol. The minimum atomic E-state index is -1.11. The van der Waals surface area contributed by atoms with Gasteiger partial charge >= 0.3 is 5.97 Å². The molecule has 0 aromatic carbocycles. The van der Waals surface area contributed by atoms with Crippen LogP contribution in [0.4, 0.5) is 0 Å². The van der Waals surface area contributed by atoms with Crippen LogP contribution in [0.25, 0.3) is 0 Å². The van der Waals surface area contributed by atoms with E-state index in [9.17, 15) is 9.59 Å². The third kappa shape index (κ3) is 2.57. The maximum absolute atomic E-state index is 10.8. The van der Waals surface area contributed by atoms with E-state index in [1.165, 1.54) is 0 Å². The van der Waals surface area contributed by atoms with Gasteiger partial charge in [-0.15, -0.1) is 0 Å². The van der Waals surface area contributed by atoms with Crippen molar-refractivity contribution in [3.63, 3.8) is 0 Å². The number of allylic oxidation sites excluding steroid dienone is 3. The van der Waals surface area contributed by atoms with Crippen molar-refractivity contribution in [3.05, 3.63) is 23.9 Å². The minimum absolute atomic E-state index is 0.475. The highest BCUT2D eigenvalue weighted by Gasteiger charge is 2.09. The summed E-state index contributed by atoms with van der Waals surface area (Å²) in [5, 5.41) is 10.8. The predicted octanol–water partition coefficient (Wildman–Crippen LogP) is 0.421. The lowest BCUT2D eigenvalue weighted by molar-refractivity contribution is -0.140. The van der Waals surface area contributed by atoms with Crippen LogP contribution in [0, 0.1) is 0 Å². The summed E-state index contributed by atoms with van der Waals surface area (Å²) in [5.41, 5.74) is 0.751. The van der Waals surface area contributed by atoms with Crippen LogP contribution in [0.3, 0.4) is 0 Å². The summed E-state index contributed by atoms with van der Waals surface area (Å²) in [7, 11) is 0. The van der Waals surface area contributed by atoms with Gasteiger partial charge in [-0.1, -0.05) is 12.2 Å². The first-order valence-corrected chi connectivity index (χ1v) is 3.56. The number of hydrogen-bond acceptors (Lipinski definition) is 2. The van der Waals surface area contributed by atoms with Gasteiger partial charge in [0, 0.05) is 12.1 Å². The van der Waals surface area contributed by atoms with E-state index < -0.39 is 18.3 Å². The molecule has 1 amide bonds. The highest BCUT2D eigenvalue weighted by atomic mass is 16.4. The quantitative estimate of drug-likeness (QED) is 0.598. The molecule has 4 heteroatoms. The Balaban J connectivity index is 2.32. The molecule has 0 aromatic rings. The molecule has 0 unspecified atom stereocenters. The largest absolute Gasteiger partial charge is 0.481 e. The van der Waals surface area contributed by atoms with E-state index in [-0.39, 0.29) is 0 Å². The van der Waals surface area contributed by atoms with Gasteiger partial charge in [0.15, 0.2) is 0 Å². The smallest absolute Gasteiger partial charge is 0.312 e. The molecule has 2 N–H and O–H groups in total. The molecule has 0 radical (unpaired) electrons. The fourth-order valence-electron chi connectivity index (χ4n) is 0.901. The van der Waals surface area contributed by atoms with Gasteiger partial charge in [0.1, 0.15) is 6.42 Å². The Morgan fingerprint density at radius 2 is 2.33 bits per heavy atom. The number of rotatable bonds is 3. The molecule has 1 aliphatic rings. The molecule has 0 fully saturated rings. The Labute approximate surface area is 69.6 Å². The number of carboxylic acid groups (broad SMARTS) is 1. The molecule has 0 spiro atoms. The molecule has 0 atom stereocenters. The first-order valence-electron chi connectivity index (χ1n) is 3.56. The van der Waals surface area contributed by atoms with Crippen molar-refractivity contribution in [2.24, 2.45) is 0 Å². The van der Waals surface area contributed by atoms with Crippen LogP contribution in [-0.4, -0.2) is 17.0 Å². The summed E-state index contributed by atoms with van der Waals surface area (Å²) < 4.78 is 0. The maximum Gasteiger partial charge on any atom is 0.312 e. The molecular formula is C8H9NO3. The second kappa shape index (κ2) is 3.71. The Morgan fingerprint density at radius 1 is 1.58 bits per heavy atom. The molecule has 0 aliphatic heterocycles. The van der Waals surface area contributed by atoms with Crippen LogP contribution in [0.5, 0.6) is 0 Å². The fraction of sp³-hybridized carbons (Fsp3) is 0.250. The molecule has 0 aromatic heterocycles. The number of nitrogens with one attached hydrogen (secondary N) is 1. The van der Waals surface area contributed by atoms with Gasteiger partial charge in [0.05, 0.1) is 0 Å². The van der Waals surface area contributed by atoms with Crippen LogP contribution in [0.2, 0.25) is 0 Å². The second-order valence-corrected chi connectivity index (χ2v) is 2.44. The lowest BCUT2D eigenvalue weighted by Crippen LogP contribution is -2.24. The Hall–Kier alpha value is -1.58. The molecule has 12 heavy (non-hydrogen) atoms. The van der Waals surface area contributed by atoms with Gasteiger partial charge in [0.2, 0.25) is 5.91 Å². The van der Waals surface area contributed by atoms with E-state index in [2.05, 4.69) is 5.32 Å². The summed E-state index contributed by atoms with van der Waals surface area (Å²) in [6, 6.07) is 0. The molecule has 0 saturated heterocycles. The Kier molecular flexibility index (Phi) is 2.63. The first-order chi connectivity index (χ1) is 5.68. The van der Waals surface area contributed by atoms with Crippen LogP contribution in [0.15, 0.2) is 23.9 Å². The number of hydrogen-bond donors (Lipinski definition) is 2. The number of carboxylic acids is 1. The van der Waals surface area contributed by atoms with E-state index in [1.807, 2.05) is 12.2 Å². The molecule has 0 bridgehead atoms. The number of amides is 1. The lowest BCUT2D eigenvalue weighted by atomic mass is 10.3. The van der Waals surface area contributed by atoms with E-state index in [4.69, 9.17) is 5.11 Å². The van der Waals surface area contributed by atoms with E-state index in [1.54, 1.807) is 6.08 Å². The monoisotopic (exact) mass is 167 g/mol. The minimum Gasteiger partial charge on any atom is -0.481 e. The summed E-state index contributed by atoms with van der Waals surface area (Å²) >= 11 is 0. The third-order valence-corrected chi connectivity index (χ3v) is 1.38. The van der Waals surface area contributed by atoms with Crippen LogP contribution in [-0.2, 0) is 9.59 Å². The topological polar surface area (TPSA) is 66.4 Å². The zero-order chi connectivity index (χ0) is 8.97. The van der Waals surface area contributed by atoms with Crippen LogP contribution in [0.1, 0.15) is 12.8 Å². The highest BCUT2D eigenvalue weighted by Crippen LogP contribution is 2.06. The number of carbonyl (C=O) groups is 2. The highest BCUT2D eigenvalue weighted by molar-refractivity contribution is 5.94. The third-order valence-electron chi connectivity index (χ3n) is 1.38. The van der Waals surface area contributed by atoms with E-state index in [0.717, 1.165) is 5.70 Å². The molecule has 0 saturated carbocycles. The van der Waals surface area contributed by atoms with Crippen molar-refractivity contribution in [2.75, 3.05) is 0 Å². The average Bonchev–Trinajstić information content (AvgIpc) is 2.37. The molecule has 0 heterocycles. The number of aliphatic carboxylic acids is 1. The van der Waals surface area contributed by atoms with Gasteiger partial charge in [-0.3, -0.25) is 9.59 Å². The van der Waals surface area contributed by atoms with Crippen molar-refractivity contribution in [2.45, 2.75) is 12.8 Å². The SMILES string of the molecule is O=C(O)CC(=O)NC1=CC=CC1. The first kappa shape index (κ1) is 8.52. The van der Waals surface area contributed by atoms with E-state index in [0.29, 0.717) is 6.42 Å². The normalized spacial score (nSPS) is 14.2. The van der Waals surface area contributed by atoms with Crippen molar-refractivity contribution < 1.29 is 14.7 Å². The molecule has 64 valence electrons. The maximum atomic E-state index is 10.8. The fourth-order valence-corrected chi connectivity index (χ4v) is 0.901. The van der Waals surface area contributed by atoms with Crippen LogP contribution < -0.4 is 5.32 Å². The Morgan fingerprint density at radius 3 is 2.83 bits per heavy atom. The lowest BCUT2D eigenvalue weighted by Gasteiger charge is -2.02. The average molecular weight is 167 g/mol. The van der Waals surface area contributed by atoms with Crippen molar-refractivity contribution in [1.82, 2.24) is 5.32 Å². The second-order valence-electron chi connectivity index (χ2n) is 2.44. The van der Waals surface area contributed by atoms with Gasteiger partial charge < -0.3 is 10.4 Å². The van der Waals surface area contributed by atoms with Crippen LogP contribution >= 0.6 is 0 Å². The number of carbonyl (C=O) groups excluding carboxylic acids is 1. The van der Waals surface area contributed by atoms with Gasteiger partial charge in [-0.05, 0) is 6.08 Å². The van der Waals surface area contributed by atoms with Gasteiger partial charge in [0.25, 0.3) is 0 Å². The van der Waals surface area contributed by atoms with E-state index >= 15 is 0 Å². The van der Waals surface area contributed by atoms with Crippen molar-refractivity contribution in [3.8, 4) is 0 Å². The van der Waals surface area contributed by atoms with Gasteiger partial charge in [-0.25, -0.2) is 0 Å². The zero-order valence-corrected chi connectivity index (χ0v) is 6.41. The summed E-state index contributed by atoms with van der Waals surface area (Å²) in [4.78, 5) is 20.9. The van der Waals surface area contributed by atoms with Crippen molar-refractivity contribution in [1.29, 1.82) is 0 Å².